The highest BCUT2D eigenvalue weighted by Gasteiger charge is 2.24. The van der Waals surface area contributed by atoms with Gasteiger partial charge in [0.15, 0.2) is 0 Å². The molecule has 174 valence electrons. The number of aromatic nitrogens is 1. The lowest BCUT2D eigenvalue weighted by molar-refractivity contribution is 0.102. The van der Waals surface area contributed by atoms with Gasteiger partial charge in [0.1, 0.15) is 11.4 Å². The maximum atomic E-state index is 13.3. The summed E-state index contributed by atoms with van der Waals surface area (Å²) in [5.74, 6) is -0.355. The summed E-state index contributed by atoms with van der Waals surface area (Å²) >= 11 is 0. The van der Waals surface area contributed by atoms with Crippen molar-refractivity contribution in [2.24, 2.45) is 0 Å². The summed E-state index contributed by atoms with van der Waals surface area (Å²) in [5.41, 5.74) is 3.27. The molecule has 1 unspecified atom stereocenters. The average Bonchev–Trinajstić information content (AvgIpc) is 2.88. The van der Waals surface area contributed by atoms with E-state index in [0.29, 0.717) is 16.8 Å². The van der Waals surface area contributed by atoms with E-state index in [-0.39, 0.29) is 23.6 Å². The van der Waals surface area contributed by atoms with Crippen molar-refractivity contribution >= 4 is 17.3 Å². The smallest absolute Gasteiger partial charge is 0.261 e. The molecule has 0 aliphatic carbocycles. The summed E-state index contributed by atoms with van der Waals surface area (Å²) in [6, 6.07) is 17.6. The number of nitrogens with zero attached hydrogens (tertiary/aromatic N) is 4. The minimum Gasteiger partial charge on any atom is -0.480 e. The first-order valence-corrected chi connectivity index (χ1v) is 11.1. The number of halogens is 1. The van der Waals surface area contributed by atoms with Crippen LogP contribution in [-0.4, -0.2) is 49.1 Å². The van der Waals surface area contributed by atoms with Crippen LogP contribution in [0.4, 0.5) is 15.8 Å². The molecule has 1 fully saturated rings. The Morgan fingerprint density at radius 2 is 1.88 bits per heavy atom. The average molecular weight is 460 g/mol. The Balaban J connectivity index is 1.51. The number of anilines is 2. The van der Waals surface area contributed by atoms with Crippen LogP contribution in [0.2, 0.25) is 0 Å². The van der Waals surface area contributed by atoms with Crippen LogP contribution in [0.5, 0.6) is 5.88 Å². The molecule has 2 aromatic carbocycles. The van der Waals surface area contributed by atoms with Gasteiger partial charge in [0, 0.05) is 38.4 Å². The maximum Gasteiger partial charge on any atom is 0.261 e. The highest BCUT2D eigenvalue weighted by atomic mass is 19.1. The zero-order valence-electron chi connectivity index (χ0n) is 19.2. The second-order valence-electron chi connectivity index (χ2n) is 8.11. The van der Waals surface area contributed by atoms with E-state index in [1.807, 2.05) is 18.2 Å². The van der Waals surface area contributed by atoms with Gasteiger partial charge in [-0.3, -0.25) is 9.69 Å². The highest BCUT2D eigenvalue weighted by molar-refractivity contribution is 6.07. The first kappa shape index (κ1) is 23.2. The molecule has 1 aliphatic heterocycles. The minimum atomic E-state index is -0.357. The minimum absolute atomic E-state index is 0.168. The molecule has 4 rings (SSSR count). The third-order valence-electron chi connectivity index (χ3n) is 6.14. The molecule has 0 saturated carbocycles. The van der Waals surface area contributed by atoms with E-state index in [1.165, 1.54) is 19.2 Å². The SMILES string of the molecule is COc1ncccc1C(=O)Nc1cc(C#N)ccc1N1CCN(C(C)c2ccc(F)cc2)CC1. The van der Waals surface area contributed by atoms with Gasteiger partial charge in [-0.25, -0.2) is 9.37 Å². The zero-order chi connectivity index (χ0) is 24.1. The molecule has 0 radical (unpaired) electrons. The highest BCUT2D eigenvalue weighted by Crippen LogP contribution is 2.31. The Labute approximate surface area is 198 Å². The van der Waals surface area contributed by atoms with Gasteiger partial charge in [0.2, 0.25) is 5.88 Å². The van der Waals surface area contributed by atoms with Gasteiger partial charge in [-0.1, -0.05) is 12.1 Å². The van der Waals surface area contributed by atoms with Gasteiger partial charge in [-0.2, -0.15) is 5.26 Å². The molecule has 1 aliphatic rings. The van der Waals surface area contributed by atoms with Gasteiger partial charge in [0.05, 0.1) is 30.1 Å². The standard InChI is InChI=1S/C26H26FN5O2/c1-18(20-6-8-21(27)9-7-20)31-12-14-32(15-13-31)24-10-5-19(17-28)16-23(24)30-25(33)22-4-3-11-29-26(22)34-2/h3-11,16,18H,12-15H2,1-2H3,(H,30,33). The number of hydrogen-bond acceptors (Lipinski definition) is 6. The summed E-state index contributed by atoms with van der Waals surface area (Å²) in [5, 5.41) is 12.3. The summed E-state index contributed by atoms with van der Waals surface area (Å²) in [6.07, 6.45) is 1.56. The number of methoxy groups -OCH3 is 1. The number of rotatable bonds is 6. The van der Waals surface area contributed by atoms with Crippen LogP contribution in [0.1, 0.15) is 34.5 Å². The molecule has 1 N–H and O–H groups in total. The maximum absolute atomic E-state index is 13.3. The largest absolute Gasteiger partial charge is 0.480 e. The van der Waals surface area contributed by atoms with Crippen molar-refractivity contribution in [3.8, 4) is 11.9 Å². The van der Waals surface area contributed by atoms with Crippen LogP contribution >= 0.6 is 0 Å². The van der Waals surface area contributed by atoms with Crippen LogP contribution in [-0.2, 0) is 0 Å². The predicted octanol–water partition coefficient (Wildman–Crippen LogP) is 4.24. The zero-order valence-corrected chi connectivity index (χ0v) is 19.2. The van der Waals surface area contributed by atoms with Crippen molar-refractivity contribution in [2.75, 3.05) is 43.5 Å². The molecule has 0 bridgehead atoms. The van der Waals surface area contributed by atoms with Crippen LogP contribution in [0.15, 0.2) is 60.8 Å². The molecule has 2 heterocycles. The van der Waals surface area contributed by atoms with Crippen molar-refractivity contribution in [3.05, 3.63) is 83.3 Å². The van der Waals surface area contributed by atoms with Gasteiger partial charge in [-0.05, 0) is 55.0 Å². The summed E-state index contributed by atoms with van der Waals surface area (Å²) < 4.78 is 18.5. The monoisotopic (exact) mass is 459 g/mol. The predicted molar refractivity (Wildman–Crippen MR) is 129 cm³/mol. The van der Waals surface area contributed by atoms with Gasteiger partial charge in [-0.15, -0.1) is 0 Å². The summed E-state index contributed by atoms with van der Waals surface area (Å²) in [4.78, 5) is 21.6. The van der Waals surface area contributed by atoms with E-state index in [1.54, 1.807) is 30.5 Å². The van der Waals surface area contributed by atoms with Crippen molar-refractivity contribution in [1.82, 2.24) is 9.88 Å². The molecule has 7 nitrogen and oxygen atoms in total. The fourth-order valence-electron chi connectivity index (χ4n) is 4.20. The molecule has 34 heavy (non-hydrogen) atoms. The topological polar surface area (TPSA) is 81.5 Å². The Hall–Kier alpha value is -3.96. The molecule has 3 aromatic rings. The summed E-state index contributed by atoms with van der Waals surface area (Å²) in [6.45, 7) is 5.23. The number of ether oxygens (including phenoxy) is 1. The van der Waals surface area contributed by atoms with Gasteiger partial charge >= 0.3 is 0 Å². The molecular formula is C26H26FN5O2. The van der Waals surface area contributed by atoms with Gasteiger partial charge in [0.25, 0.3) is 5.91 Å². The molecule has 1 amide bonds. The van der Waals surface area contributed by atoms with E-state index < -0.39 is 0 Å². The third-order valence-corrected chi connectivity index (χ3v) is 6.14. The quantitative estimate of drug-likeness (QED) is 0.594. The normalized spacial score (nSPS) is 14.8. The molecule has 1 aromatic heterocycles. The second-order valence-corrected chi connectivity index (χ2v) is 8.11. The number of pyridine rings is 1. The van der Waals surface area contributed by atoms with Crippen LogP contribution in [0.25, 0.3) is 0 Å². The molecule has 1 saturated heterocycles. The first-order chi connectivity index (χ1) is 16.5. The number of hydrogen-bond donors (Lipinski definition) is 1. The second kappa shape index (κ2) is 10.3. The van der Waals surface area contributed by atoms with E-state index in [0.717, 1.165) is 37.4 Å². The summed E-state index contributed by atoms with van der Waals surface area (Å²) in [7, 11) is 1.47. The Morgan fingerprint density at radius 1 is 1.15 bits per heavy atom. The van der Waals surface area contributed by atoms with E-state index in [9.17, 15) is 14.4 Å². The number of piperazine rings is 1. The Bertz CT molecular complexity index is 1200. The number of carbonyl (C=O) groups is 1. The van der Waals surface area contributed by atoms with Crippen LogP contribution < -0.4 is 15.0 Å². The molecule has 1 atom stereocenters. The lowest BCUT2D eigenvalue weighted by atomic mass is 10.1. The van der Waals surface area contributed by atoms with Crippen molar-refractivity contribution in [1.29, 1.82) is 5.26 Å². The van der Waals surface area contributed by atoms with Crippen LogP contribution in [0, 0.1) is 17.1 Å². The van der Waals surface area contributed by atoms with Crippen molar-refractivity contribution in [3.63, 3.8) is 0 Å². The van der Waals surface area contributed by atoms with Crippen LogP contribution in [0.3, 0.4) is 0 Å². The number of nitrogens with one attached hydrogen (secondary N) is 1. The van der Waals surface area contributed by atoms with Crippen molar-refractivity contribution in [2.45, 2.75) is 13.0 Å². The number of carbonyl (C=O) groups excluding carboxylic acids is 1. The van der Waals surface area contributed by atoms with E-state index in [4.69, 9.17) is 4.74 Å². The van der Waals surface area contributed by atoms with Gasteiger partial charge < -0.3 is 15.0 Å². The third kappa shape index (κ3) is 5.00. The number of benzene rings is 2. The fourth-order valence-corrected chi connectivity index (χ4v) is 4.20. The lowest BCUT2D eigenvalue weighted by Gasteiger charge is -2.40. The van der Waals surface area contributed by atoms with Crippen molar-refractivity contribution < 1.29 is 13.9 Å². The Kier molecular flexibility index (Phi) is 7.04. The fraction of sp³-hybridized carbons (Fsp3) is 0.269. The number of amides is 1. The molecule has 8 heteroatoms. The Morgan fingerprint density at radius 3 is 2.56 bits per heavy atom. The van der Waals surface area contributed by atoms with E-state index in [2.05, 4.69) is 33.1 Å². The van der Waals surface area contributed by atoms with E-state index >= 15 is 0 Å². The molecule has 0 spiro atoms. The lowest BCUT2D eigenvalue weighted by Crippen LogP contribution is -2.47. The first-order valence-electron chi connectivity index (χ1n) is 11.1. The number of nitriles is 1. The molecular weight excluding hydrogens is 433 g/mol.